The van der Waals surface area contributed by atoms with Crippen LogP contribution in [0.2, 0.25) is 0 Å². The number of carboxylic acids is 4. The van der Waals surface area contributed by atoms with Gasteiger partial charge in [0, 0.05) is 22.5 Å². The highest BCUT2D eigenvalue weighted by atomic mass is 16.4. The van der Waals surface area contributed by atoms with Crippen LogP contribution in [0.15, 0.2) is 71.4 Å². The van der Waals surface area contributed by atoms with E-state index in [1.54, 1.807) is 48.5 Å². The fourth-order valence-corrected chi connectivity index (χ4v) is 5.07. The van der Waals surface area contributed by atoms with Gasteiger partial charge in [-0.15, -0.1) is 0 Å². The molecule has 11 nitrogen and oxygen atoms in total. The van der Waals surface area contributed by atoms with Crippen LogP contribution >= 0.6 is 0 Å². The van der Waals surface area contributed by atoms with E-state index in [0.29, 0.717) is 28.3 Å². The number of anilines is 2. The summed E-state index contributed by atoms with van der Waals surface area (Å²) in [5.41, 5.74) is -1.21. The highest BCUT2D eigenvalue weighted by molar-refractivity contribution is 6.20. The Bertz CT molecular complexity index is 1550. The first-order valence-corrected chi connectivity index (χ1v) is 12.1. The van der Waals surface area contributed by atoms with E-state index in [1.807, 2.05) is 0 Å². The number of nitrogens with one attached hydrogen (secondary N) is 2. The Morgan fingerprint density at radius 2 is 1.18 bits per heavy atom. The van der Waals surface area contributed by atoms with Crippen LogP contribution in [0.25, 0.3) is 11.1 Å². The van der Waals surface area contributed by atoms with Gasteiger partial charge in [0.1, 0.15) is 5.76 Å². The minimum Gasteiger partial charge on any atom is -0.479 e. The van der Waals surface area contributed by atoms with Crippen molar-refractivity contribution < 1.29 is 44.0 Å². The largest absolute Gasteiger partial charge is 0.479 e. The number of carbonyl (C=O) groups is 4. The third kappa shape index (κ3) is 4.27. The molecule has 5 rings (SSSR count). The van der Waals surface area contributed by atoms with E-state index in [2.05, 4.69) is 10.6 Å². The number of rotatable bonds is 7. The van der Waals surface area contributed by atoms with Gasteiger partial charge >= 0.3 is 23.9 Å². The number of benzene rings is 2. The lowest BCUT2D eigenvalue weighted by atomic mass is 9.82. The van der Waals surface area contributed by atoms with Gasteiger partial charge in [-0.05, 0) is 73.5 Å². The minimum absolute atomic E-state index is 0.183. The van der Waals surface area contributed by atoms with E-state index in [0.717, 1.165) is 12.2 Å². The predicted molar refractivity (Wildman–Crippen MR) is 143 cm³/mol. The number of aliphatic carboxylic acids is 4. The molecule has 40 heavy (non-hydrogen) atoms. The molecule has 1 aromatic heterocycles. The third-order valence-electron chi connectivity index (χ3n) is 7.17. The quantitative estimate of drug-likeness (QED) is 0.253. The van der Waals surface area contributed by atoms with E-state index < -0.39 is 40.9 Å². The summed E-state index contributed by atoms with van der Waals surface area (Å²) in [4.78, 5) is 48.0. The molecule has 2 unspecified atom stereocenters. The molecule has 0 bridgehead atoms. The van der Waals surface area contributed by atoms with Gasteiger partial charge in [-0.25, -0.2) is 19.2 Å². The topological polar surface area (TPSA) is 186 Å². The fourth-order valence-electron chi connectivity index (χ4n) is 5.07. The average Bonchev–Trinajstić information content (AvgIpc) is 3.42. The number of carboxylic acid groups (broad SMARTS) is 4. The Balaban J connectivity index is 1.67. The lowest BCUT2D eigenvalue weighted by molar-refractivity contribution is -0.141. The van der Waals surface area contributed by atoms with Crippen molar-refractivity contribution in [2.45, 2.75) is 30.8 Å². The van der Waals surface area contributed by atoms with Crippen molar-refractivity contribution in [2.24, 2.45) is 0 Å². The van der Waals surface area contributed by atoms with Crippen molar-refractivity contribution in [1.82, 2.24) is 0 Å². The number of hydrogen-bond donors (Lipinski definition) is 6. The molecule has 0 radical (unpaired) electrons. The molecule has 2 aliphatic heterocycles. The van der Waals surface area contributed by atoms with Crippen molar-refractivity contribution in [2.75, 3.05) is 10.6 Å². The van der Waals surface area contributed by atoms with Crippen LogP contribution in [-0.4, -0.2) is 55.4 Å². The maximum Gasteiger partial charge on any atom is 0.336 e. The molecule has 0 fully saturated rings. The van der Waals surface area contributed by atoms with Crippen molar-refractivity contribution in [3.05, 3.63) is 95.0 Å². The van der Waals surface area contributed by atoms with Gasteiger partial charge in [-0.3, -0.25) is 0 Å². The van der Waals surface area contributed by atoms with Crippen LogP contribution in [0.1, 0.15) is 47.8 Å². The van der Waals surface area contributed by atoms with Crippen LogP contribution < -0.4 is 10.6 Å². The van der Waals surface area contributed by atoms with E-state index in [1.165, 1.54) is 20.1 Å². The Labute approximate surface area is 227 Å². The Morgan fingerprint density at radius 1 is 0.725 bits per heavy atom. The van der Waals surface area contributed by atoms with Crippen LogP contribution in [0.3, 0.4) is 0 Å². The summed E-state index contributed by atoms with van der Waals surface area (Å²) in [6.45, 7) is 2.73. The normalized spacial score (nSPS) is 21.9. The van der Waals surface area contributed by atoms with Gasteiger partial charge in [0.25, 0.3) is 0 Å². The first-order valence-electron chi connectivity index (χ1n) is 12.1. The van der Waals surface area contributed by atoms with Gasteiger partial charge in [-0.2, -0.15) is 0 Å². The van der Waals surface area contributed by atoms with Gasteiger partial charge in [0.2, 0.25) is 0 Å². The molecule has 2 aliphatic rings. The Morgan fingerprint density at radius 3 is 1.52 bits per heavy atom. The van der Waals surface area contributed by atoms with Crippen LogP contribution in [0.4, 0.5) is 11.4 Å². The molecule has 0 aliphatic carbocycles. The van der Waals surface area contributed by atoms with E-state index in [9.17, 15) is 39.6 Å². The highest BCUT2D eigenvalue weighted by Crippen LogP contribution is 2.42. The molecule has 0 saturated heterocycles. The first-order chi connectivity index (χ1) is 18.8. The summed E-state index contributed by atoms with van der Waals surface area (Å²) < 4.78 is 5.72. The standard InChI is InChI=1S/C29H24N2O9/c1-28(26(36)37)12-18(24(32)33)16-10-14(5-7-20(16)30-28)23(22-4-3-9-40-22)15-6-8-21-17(11-15)19(25(34)35)13-29(2,31-21)27(38)39/h3-13,23,30-31H,1-2H3,(H,32,33)(H,34,35)(H,36,37)(H,38,39). The molecule has 3 heterocycles. The van der Waals surface area contributed by atoms with Gasteiger partial charge < -0.3 is 35.5 Å². The molecule has 0 amide bonds. The van der Waals surface area contributed by atoms with Gasteiger partial charge in [0.05, 0.1) is 23.3 Å². The SMILES string of the molecule is CC1(C(=O)O)C=C(C(=O)O)c2cc(C(c3ccc4c(c3)C(C(=O)O)=CC(C)(C(=O)O)N4)c3ccco3)ccc2N1. The zero-order valence-electron chi connectivity index (χ0n) is 21.3. The van der Waals surface area contributed by atoms with Gasteiger partial charge in [-0.1, -0.05) is 12.1 Å². The van der Waals surface area contributed by atoms with Crippen LogP contribution in [0, 0.1) is 0 Å². The van der Waals surface area contributed by atoms with E-state index >= 15 is 0 Å². The van der Waals surface area contributed by atoms with Crippen molar-refractivity contribution in [3.63, 3.8) is 0 Å². The second-order valence-corrected chi connectivity index (χ2v) is 10.0. The molecule has 0 spiro atoms. The Hall–Kier alpha value is -5.32. The minimum atomic E-state index is -1.63. The molecular weight excluding hydrogens is 520 g/mol. The monoisotopic (exact) mass is 544 g/mol. The number of furan rings is 1. The van der Waals surface area contributed by atoms with Crippen LogP contribution in [-0.2, 0) is 19.2 Å². The second kappa shape index (κ2) is 9.16. The number of hydrogen-bond acceptors (Lipinski definition) is 7. The zero-order valence-corrected chi connectivity index (χ0v) is 21.3. The summed E-state index contributed by atoms with van der Waals surface area (Å²) in [7, 11) is 0. The average molecular weight is 545 g/mol. The fraction of sp³-hybridized carbons (Fsp3) is 0.172. The van der Waals surface area contributed by atoms with Gasteiger partial charge in [0.15, 0.2) is 11.1 Å². The summed E-state index contributed by atoms with van der Waals surface area (Å²) in [5.74, 6) is -5.19. The lowest BCUT2D eigenvalue weighted by Crippen LogP contribution is -2.44. The molecule has 2 atom stereocenters. The van der Waals surface area contributed by atoms with Crippen molar-refractivity contribution >= 4 is 46.4 Å². The summed E-state index contributed by atoms with van der Waals surface area (Å²) >= 11 is 0. The van der Waals surface area contributed by atoms with Crippen molar-refractivity contribution in [3.8, 4) is 0 Å². The maximum absolute atomic E-state index is 12.2. The molecule has 2 aromatic carbocycles. The third-order valence-corrected chi connectivity index (χ3v) is 7.17. The molecule has 11 heteroatoms. The number of fused-ring (bicyclic) bond motifs is 2. The summed E-state index contributed by atoms with van der Waals surface area (Å²) in [5, 5.41) is 44.9. The predicted octanol–water partition coefficient (Wildman–Crippen LogP) is 3.93. The molecule has 0 saturated carbocycles. The van der Waals surface area contributed by atoms with Crippen LogP contribution in [0.5, 0.6) is 0 Å². The van der Waals surface area contributed by atoms with E-state index in [-0.39, 0.29) is 22.3 Å². The molecular formula is C29H24N2O9. The maximum atomic E-state index is 12.2. The van der Waals surface area contributed by atoms with E-state index in [4.69, 9.17) is 4.42 Å². The molecule has 204 valence electrons. The Kier molecular flexibility index (Phi) is 6.02. The summed E-state index contributed by atoms with van der Waals surface area (Å²) in [6.07, 6.45) is 3.78. The second-order valence-electron chi connectivity index (χ2n) is 10.0. The first kappa shape index (κ1) is 26.3. The summed E-state index contributed by atoms with van der Waals surface area (Å²) in [6, 6.07) is 13.3. The lowest BCUT2D eigenvalue weighted by Gasteiger charge is -2.32. The molecule has 3 aromatic rings. The van der Waals surface area contributed by atoms with Crippen molar-refractivity contribution in [1.29, 1.82) is 0 Å². The highest BCUT2D eigenvalue weighted by Gasteiger charge is 2.39. The molecule has 6 N–H and O–H groups in total. The smallest absolute Gasteiger partial charge is 0.336 e. The zero-order chi connectivity index (χ0) is 29.0.